The van der Waals surface area contributed by atoms with E-state index in [1.807, 2.05) is 30.3 Å². The topological polar surface area (TPSA) is 54.7 Å². The first-order chi connectivity index (χ1) is 12.3. The van der Waals surface area contributed by atoms with Crippen LogP contribution in [0, 0.1) is 0 Å². The fraction of sp³-hybridized carbons (Fsp3) is 0.450. The van der Waals surface area contributed by atoms with Gasteiger partial charge in [0.2, 0.25) is 0 Å². The van der Waals surface area contributed by atoms with Crippen molar-refractivity contribution in [2.75, 3.05) is 13.1 Å². The summed E-state index contributed by atoms with van der Waals surface area (Å²) < 4.78 is 11.2. The summed E-state index contributed by atoms with van der Waals surface area (Å²) in [5.41, 5.74) is 0.778. The standard InChI is InChI=1S/C20H24N2O3/c23-20(21-17-9-12-22-11-5-4-8-18(17)22)19-15(10-13-24-19)14-25-16-6-2-1-3-7-16/h1-3,6-7,10,13,17-18H,4-5,8-9,11-12,14H2,(H,21,23)/t17-,18-/m1/s1. The van der Waals surface area contributed by atoms with Crippen LogP contribution in [0.25, 0.3) is 0 Å². The zero-order valence-corrected chi connectivity index (χ0v) is 14.3. The average Bonchev–Trinajstić information content (AvgIpc) is 3.28. The largest absolute Gasteiger partial charge is 0.489 e. The van der Waals surface area contributed by atoms with E-state index in [0.717, 1.165) is 30.8 Å². The van der Waals surface area contributed by atoms with Gasteiger partial charge < -0.3 is 14.5 Å². The quantitative estimate of drug-likeness (QED) is 0.908. The van der Waals surface area contributed by atoms with Crippen molar-refractivity contribution >= 4 is 5.91 Å². The van der Waals surface area contributed by atoms with Crippen molar-refractivity contribution in [3.63, 3.8) is 0 Å². The summed E-state index contributed by atoms with van der Waals surface area (Å²) in [6, 6.07) is 12.1. The Morgan fingerprint density at radius 1 is 1.16 bits per heavy atom. The molecule has 2 saturated heterocycles. The summed E-state index contributed by atoms with van der Waals surface area (Å²) in [4.78, 5) is 15.2. The summed E-state index contributed by atoms with van der Waals surface area (Å²) in [6.07, 6.45) is 6.28. The molecule has 5 nitrogen and oxygen atoms in total. The first kappa shape index (κ1) is 16.2. The Morgan fingerprint density at radius 3 is 2.92 bits per heavy atom. The zero-order valence-electron chi connectivity index (χ0n) is 14.3. The molecular weight excluding hydrogens is 316 g/mol. The maximum absolute atomic E-state index is 12.7. The van der Waals surface area contributed by atoms with E-state index in [2.05, 4.69) is 10.2 Å². The minimum absolute atomic E-state index is 0.130. The Bertz CT molecular complexity index is 713. The maximum Gasteiger partial charge on any atom is 0.287 e. The number of fused-ring (bicyclic) bond motifs is 1. The molecule has 2 atom stereocenters. The van der Waals surface area contributed by atoms with Crippen molar-refractivity contribution in [2.45, 2.75) is 44.4 Å². The molecule has 132 valence electrons. The lowest BCUT2D eigenvalue weighted by Gasteiger charge is -2.32. The first-order valence-electron chi connectivity index (χ1n) is 9.10. The SMILES string of the molecule is O=C(N[C@@H]1CCN2CCCC[C@H]12)c1occc1COc1ccccc1. The number of benzene rings is 1. The van der Waals surface area contributed by atoms with Gasteiger partial charge in [0.05, 0.1) is 6.26 Å². The second-order valence-electron chi connectivity index (χ2n) is 6.84. The fourth-order valence-electron chi connectivity index (χ4n) is 3.98. The number of nitrogens with one attached hydrogen (secondary N) is 1. The molecule has 3 heterocycles. The molecule has 1 aromatic heterocycles. The Balaban J connectivity index is 1.38. The summed E-state index contributed by atoms with van der Waals surface area (Å²) >= 11 is 0. The second-order valence-corrected chi connectivity index (χ2v) is 6.84. The van der Waals surface area contributed by atoms with Gasteiger partial charge in [0.15, 0.2) is 5.76 Å². The number of amides is 1. The Labute approximate surface area is 148 Å². The molecule has 0 spiro atoms. The molecule has 25 heavy (non-hydrogen) atoms. The van der Waals surface area contributed by atoms with E-state index >= 15 is 0 Å². The van der Waals surface area contributed by atoms with Crippen LogP contribution in [0.15, 0.2) is 47.1 Å². The van der Waals surface area contributed by atoms with Crippen molar-refractivity contribution in [1.82, 2.24) is 10.2 Å². The van der Waals surface area contributed by atoms with Crippen LogP contribution in [0.2, 0.25) is 0 Å². The minimum Gasteiger partial charge on any atom is -0.489 e. The van der Waals surface area contributed by atoms with Gasteiger partial charge in [0.1, 0.15) is 12.4 Å². The van der Waals surface area contributed by atoms with E-state index in [9.17, 15) is 4.79 Å². The van der Waals surface area contributed by atoms with Gasteiger partial charge in [-0.25, -0.2) is 0 Å². The van der Waals surface area contributed by atoms with Crippen LogP contribution >= 0.6 is 0 Å². The number of ether oxygens (including phenoxy) is 1. The molecule has 2 aromatic rings. The number of furan rings is 1. The predicted octanol–water partition coefficient (Wildman–Crippen LogP) is 3.22. The van der Waals surface area contributed by atoms with Crippen LogP contribution in [-0.2, 0) is 6.61 Å². The van der Waals surface area contributed by atoms with Crippen LogP contribution in [0.1, 0.15) is 41.8 Å². The number of hydrogen-bond acceptors (Lipinski definition) is 4. The van der Waals surface area contributed by atoms with Gasteiger partial charge in [-0.2, -0.15) is 0 Å². The van der Waals surface area contributed by atoms with Gasteiger partial charge in [0.25, 0.3) is 5.91 Å². The summed E-state index contributed by atoms with van der Waals surface area (Å²) in [7, 11) is 0. The maximum atomic E-state index is 12.7. The van der Waals surface area contributed by atoms with E-state index in [1.54, 1.807) is 12.3 Å². The van der Waals surface area contributed by atoms with Gasteiger partial charge in [-0.3, -0.25) is 9.69 Å². The molecule has 1 aromatic carbocycles. The molecule has 0 saturated carbocycles. The van der Waals surface area contributed by atoms with Crippen molar-refractivity contribution in [2.24, 2.45) is 0 Å². The van der Waals surface area contributed by atoms with Crippen molar-refractivity contribution in [1.29, 1.82) is 0 Å². The molecule has 2 aliphatic heterocycles. The van der Waals surface area contributed by atoms with Gasteiger partial charge in [0, 0.05) is 24.2 Å². The average molecular weight is 340 g/mol. The molecule has 0 radical (unpaired) electrons. The monoisotopic (exact) mass is 340 g/mol. The lowest BCUT2D eigenvalue weighted by atomic mass is 9.99. The number of piperidine rings is 1. The van der Waals surface area contributed by atoms with Crippen LogP contribution in [0.3, 0.4) is 0 Å². The van der Waals surface area contributed by atoms with E-state index < -0.39 is 0 Å². The summed E-state index contributed by atoms with van der Waals surface area (Å²) in [6.45, 7) is 2.56. The molecule has 2 fully saturated rings. The number of rotatable bonds is 5. The van der Waals surface area contributed by atoms with Gasteiger partial charge >= 0.3 is 0 Å². The lowest BCUT2D eigenvalue weighted by Crippen LogP contribution is -2.46. The Hall–Kier alpha value is -2.27. The van der Waals surface area contributed by atoms with Crippen LogP contribution in [-0.4, -0.2) is 36.0 Å². The molecule has 1 N–H and O–H groups in total. The van der Waals surface area contributed by atoms with Gasteiger partial charge in [-0.1, -0.05) is 24.6 Å². The van der Waals surface area contributed by atoms with Crippen molar-refractivity contribution in [3.8, 4) is 5.75 Å². The van der Waals surface area contributed by atoms with E-state index in [0.29, 0.717) is 18.4 Å². The molecule has 2 aliphatic rings. The van der Waals surface area contributed by atoms with Crippen LogP contribution in [0.5, 0.6) is 5.75 Å². The third kappa shape index (κ3) is 3.56. The minimum atomic E-state index is -0.130. The zero-order chi connectivity index (χ0) is 17.1. The van der Waals surface area contributed by atoms with Gasteiger partial charge in [-0.05, 0) is 44.0 Å². The van der Waals surface area contributed by atoms with E-state index in [1.165, 1.54) is 19.3 Å². The molecule has 0 aliphatic carbocycles. The number of hydrogen-bond donors (Lipinski definition) is 1. The molecule has 4 rings (SSSR count). The smallest absolute Gasteiger partial charge is 0.287 e. The molecule has 5 heteroatoms. The molecular formula is C20H24N2O3. The highest BCUT2D eigenvalue weighted by Crippen LogP contribution is 2.27. The van der Waals surface area contributed by atoms with Crippen LogP contribution < -0.4 is 10.1 Å². The third-order valence-corrected chi connectivity index (χ3v) is 5.26. The predicted molar refractivity (Wildman–Crippen MR) is 94.6 cm³/mol. The van der Waals surface area contributed by atoms with Gasteiger partial charge in [-0.15, -0.1) is 0 Å². The van der Waals surface area contributed by atoms with E-state index in [4.69, 9.17) is 9.15 Å². The molecule has 0 bridgehead atoms. The fourth-order valence-corrected chi connectivity index (χ4v) is 3.98. The molecule has 1 amide bonds. The third-order valence-electron chi connectivity index (χ3n) is 5.26. The highest BCUT2D eigenvalue weighted by atomic mass is 16.5. The van der Waals surface area contributed by atoms with Crippen molar-refractivity contribution < 1.29 is 13.9 Å². The van der Waals surface area contributed by atoms with Crippen LogP contribution in [0.4, 0.5) is 0 Å². The van der Waals surface area contributed by atoms with E-state index in [-0.39, 0.29) is 11.9 Å². The number of para-hydroxylation sites is 1. The number of nitrogens with zero attached hydrogens (tertiary/aromatic N) is 1. The van der Waals surface area contributed by atoms with Crippen molar-refractivity contribution in [3.05, 3.63) is 54.0 Å². The second kappa shape index (κ2) is 7.31. The highest BCUT2D eigenvalue weighted by Gasteiger charge is 2.36. The number of carbonyl (C=O) groups is 1. The first-order valence-corrected chi connectivity index (χ1v) is 9.10. The Morgan fingerprint density at radius 2 is 2.04 bits per heavy atom. The Kier molecular flexibility index (Phi) is 4.74. The molecule has 0 unspecified atom stereocenters. The highest BCUT2D eigenvalue weighted by molar-refractivity contribution is 5.93. The summed E-state index contributed by atoms with van der Waals surface area (Å²) in [5.74, 6) is 1.02. The lowest BCUT2D eigenvalue weighted by molar-refractivity contribution is 0.0884. The summed E-state index contributed by atoms with van der Waals surface area (Å²) in [5, 5.41) is 3.19. The normalized spacial score (nSPS) is 23.2. The number of carbonyl (C=O) groups excluding carboxylic acids is 1.